The molecule has 0 aromatic rings. The molecule has 0 spiro atoms. The molecule has 2 aliphatic rings. The van der Waals surface area contributed by atoms with Crippen molar-refractivity contribution in [1.82, 2.24) is 4.72 Å². The molecule has 0 radical (unpaired) electrons. The van der Waals surface area contributed by atoms with E-state index in [1.54, 1.807) is 0 Å². The molecule has 4 heteroatoms. The molecule has 2 fully saturated rings. The lowest BCUT2D eigenvalue weighted by atomic mass is 10.4. The highest BCUT2D eigenvalue weighted by molar-refractivity contribution is 7.90. The lowest BCUT2D eigenvalue weighted by molar-refractivity contribution is 0.576. The molecule has 0 unspecified atom stereocenters. The van der Waals surface area contributed by atoms with Crippen molar-refractivity contribution in [3.63, 3.8) is 0 Å². The Morgan fingerprint density at radius 3 is 2.27 bits per heavy atom. The molecule has 64 valence electrons. The number of rotatable bonds is 4. The Hall–Kier alpha value is -0.0900. The highest BCUT2D eigenvalue weighted by Gasteiger charge is 2.36. The van der Waals surface area contributed by atoms with E-state index in [2.05, 4.69) is 4.72 Å². The third-order valence-electron chi connectivity index (χ3n) is 2.23. The van der Waals surface area contributed by atoms with Crippen molar-refractivity contribution in [2.75, 3.05) is 6.54 Å². The zero-order valence-corrected chi connectivity index (χ0v) is 7.23. The van der Waals surface area contributed by atoms with Crippen LogP contribution >= 0.6 is 0 Å². The van der Waals surface area contributed by atoms with Gasteiger partial charge in [-0.3, -0.25) is 0 Å². The van der Waals surface area contributed by atoms with Crippen LogP contribution in [0.4, 0.5) is 0 Å². The Morgan fingerprint density at radius 2 is 1.82 bits per heavy atom. The summed E-state index contributed by atoms with van der Waals surface area (Å²) >= 11 is 0. The van der Waals surface area contributed by atoms with Crippen LogP contribution in [0, 0.1) is 5.92 Å². The van der Waals surface area contributed by atoms with Gasteiger partial charge in [0, 0.05) is 6.54 Å². The first-order chi connectivity index (χ1) is 5.18. The molecule has 0 aliphatic heterocycles. The van der Waals surface area contributed by atoms with Crippen LogP contribution in [0.15, 0.2) is 0 Å². The van der Waals surface area contributed by atoms with E-state index < -0.39 is 10.0 Å². The van der Waals surface area contributed by atoms with Gasteiger partial charge < -0.3 is 0 Å². The van der Waals surface area contributed by atoms with Gasteiger partial charge in [-0.15, -0.1) is 0 Å². The Kier molecular flexibility index (Phi) is 1.68. The van der Waals surface area contributed by atoms with Gasteiger partial charge in [0.2, 0.25) is 10.0 Å². The molecule has 0 atom stereocenters. The van der Waals surface area contributed by atoms with Crippen molar-refractivity contribution >= 4 is 10.0 Å². The molecule has 0 aromatic carbocycles. The lowest BCUT2D eigenvalue weighted by Gasteiger charge is -2.02. The van der Waals surface area contributed by atoms with Crippen LogP contribution in [-0.4, -0.2) is 20.2 Å². The Morgan fingerprint density at radius 1 is 1.18 bits per heavy atom. The molecule has 2 rings (SSSR count). The van der Waals surface area contributed by atoms with Crippen LogP contribution in [-0.2, 0) is 10.0 Å². The van der Waals surface area contributed by atoms with E-state index in [1.165, 1.54) is 12.8 Å². The molecule has 0 amide bonds. The van der Waals surface area contributed by atoms with E-state index in [1.807, 2.05) is 0 Å². The second-order valence-electron chi connectivity index (χ2n) is 3.54. The first kappa shape index (κ1) is 7.55. The Bertz CT molecular complexity index is 239. The molecule has 0 saturated heterocycles. The fourth-order valence-electron chi connectivity index (χ4n) is 1.05. The van der Waals surface area contributed by atoms with E-state index in [-0.39, 0.29) is 5.25 Å². The van der Waals surface area contributed by atoms with Crippen LogP contribution < -0.4 is 4.72 Å². The van der Waals surface area contributed by atoms with Crippen LogP contribution in [0.1, 0.15) is 25.7 Å². The van der Waals surface area contributed by atoms with Gasteiger partial charge >= 0.3 is 0 Å². The zero-order chi connectivity index (χ0) is 7.90. The van der Waals surface area contributed by atoms with Gasteiger partial charge in [-0.2, -0.15) is 0 Å². The van der Waals surface area contributed by atoms with Crippen molar-refractivity contribution in [3.8, 4) is 0 Å². The summed E-state index contributed by atoms with van der Waals surface area (Å²) in [5.41, 5.74) is 0. The predicted octanol–water partition coefficient (Wildman–Crippen LogP) is 0.478. The molecule has 0 bridgehead atoms. The fourth-order valence-corrected chi connectivity index (χ4v) is 2.51. The van der Waals surface area contributed by atoms with Crippen molar-refractivity contribution in [2.45, 2.75) is 30.9 Å². The van der Waals surface area contributed by atoms with Gasteiger partial charge in [-0.25, -0.2) is 13.1 Å². The summed E-state index contributed by atoms with van der Waals surface area (Å²) in [5.74, 6) is 0.642. The molecular formula is C7H13NO2S. The summed E-state index contributed by atoms with van der Waals surface area (Å²) in [7, 11) is -2.89. The fraction of sp³-hybridized carbons (Fsp3) is 1.00. The van der Waals surface area contributed by atoms with Crippen LogP contribution in [0.2, 0.25) is 0 Å². The highest BCUT2D eigenvalue weighted by atomic mass is 32.2. The summed E-state index contributed by atoms with van der Waals surface area (Å²) in [6.45, 7) is 0.679. The quantitative estimate of drug-likeness (QED) is 0.675. The van der Waals surface area contributed by atoms with Gasteiger partial charge in [-0.1, -0.05) is 0 Å². The first-order valence-corrected chi connectivity index (χ1v) is 5.71. The number of nitrogens with one attached hydrogen (secondary N) is 1. The first-order valence-electron chi connectivity index (χ1n) is 4.17. The molecule has 0 heterocycles. The molecule has 11 heavy (non-hydrogen) atoms. The molecule has 2 aliphatic carbocycles. The van der Waals surface area contributed by atoms with Gasteiger partial charge in [0.1, 0.15) is 0 Å². The zero-order valence-electron chi connectivity index (χ0n) is 6.41. The number of hydrogen-bond acceptors (Lipinski definition) is 2. The standard InChI is InChI=1S/C7H13NO2S/c9-11(10,7-3-4-7)8-5-6-1-2-6/h6-8H,1-5H2. The minimum atomic E-state index is -2.89. The summed E-state index contributed by atoms with van der Waals surface area (Å²) in [6.07, 6.45) is 4.13. The maximum Gasteiger partial charge on any atom is 0.214 e. The molecule has 2 saturated carbocycles. The summed E-state index contributed by atoms with van der Waals surface area (Å²) in [6, 6.07) is 0. The second-order valence-corrected chi connectivity index (χ2v) is 5.58. The van der Waals surface area contributed by atoms with E-state index in [4.69, 9.17) is 0 Å². The van der Waals surface area contributed by atoms with Crippen molar-refractivity contribution < 1.29 is 8.42 Å². The average Bonchev–Trinajstić information content (AvgIpc) is 2.79. The number of hydrogen-bond donors (Lipinski definition) is 1. The van der Waals surface area contributed by atoms with E-state index >= 15 is 0 Å². The number of sulfonamides is 1. The maximum atomic E-state index is 11.2. The van der Waals surface area contributed by atoms with Gasteiger partial charge in [-0.05, 0) is 31.6 Å². The lowest BCUT2D eigenvalue weighted by Crippen LogP contribution is -2.28. The third-order valence-corrected chi connectivity index (χ3v) is 4.15. The third kappa shape index (κ3) is 1.93. The van der Waals surface area contributed by atoms with Gasteiger partial charge in [0.05, 0.1) is 5.25 Å². The Labute approximate surface area is 67.2 Å². The largest absolute Gasteiger partial charge is 0.215 e. The van der Waals surface area contributed by atoms with Crippen molar-refractivity contribution in [3.05, 3.63) is 0 Å². The molecule has 3 nitrogen and oxygen atoms in total. The second kappa shape index (κ2) is 2.45. The smallest absolute Gasteiger partial charge is 0.214 e. The average molecular weight is 175 g/mol. The topological polar surface area (TPSA) is 46.2 Å². The monoisotopic (exact) mass is 175 g/mol. The van der Waals surface area contributed by atoms with E-state index in [0.29, 0.717) is 12.5 Å². The summed E-state index contributed by atoms with van der Waals surface area (Å²) < 4.78 is 25.1. The van der Waals surface area contributed by atoms with Crippen molar-refractivity contribution in [1.29, 1.82) is 0 Å². The predicted molar refractivity (Wildman–Crippen MR) is 42.7 cm³/mol. The highest BCUT2D eigenvalue weighted by Crippen LogP contribution is 2.30. The van der Waals surface area contributed by atoms with Gasteiger partial charge in [0.15, 0.2) is 0 Å². The van der Waals surface area contributed by atoms with E-state index in [0.717, 1.165) is 12.8 Å². The van der Waals surface area contributed by atoms with Crippen molar-refractivity contribution in [2.24, 2.45) is 5.92 Å². The summed E-state index contributed by atoms with van der Waals surface area (Å²) in [5, 5.41) is -0.0544. The summed E-state index contributed by atoms with van der Waals surface area (Å²) in [4.78, 5) is 0. The molecule has 1 N–H and O–H groups in total. The van der Waals surface area contributed by atoms with Crippen LogP contribution in [0.25, 0.3) is 0 Å². The molecule has 0 aromatic heterocycles. The molecular weight excluding hydrogens is 162 g/mol. The van der Waals surface area contributed by atoms with Crippen LogP contribution in [0.3, 0.4) is 0 Å². The van der Waals surface area contributed by atoms with Gasteiger partial charge in [0.25, 0.3) is 0 Å². The minimum Gasteiger partial charge on any atom is -0.215 e. The minimum absolute atomic E-state index is 0.0544. The maximum absolute atomic E-state index is 11.2. The van der Waals surface area contributed by atoms with Crippen LogP contribution in [0.5, 0.6) is 0 Å². The SMILES string of the molecule is O=S(=O)(NCC1CC1)C1CC1. The normalized spacial score (nSPS) is 25.5. The van der Waals surface area contributed by atoms with E-state index in [9.17, 15) is 8.42 Å². The Balaban J connectivity index is 1.82.